The van der Waals surface area contributed by atoms with Crippen LogP contribution in [0.4, 0.5) is 0 Å². The largest absolute Gasteiger partial charge is 0.493 e. The van der Waals surface area contributed by atoms with Crippen molar-refractivity contribution in [1.82, 2.24) is 0 Å². The molecule has 22 heavy (non-hydrogen) atoms. The Morgan fingerprint density at radius 1 is 1.18 bits per heavy atom. The van der Waals surface area contributed by atoms with E-state index in [0.717, 1.165) is 11.1 Å². The minimum atomic E-state index is -0.495. The zero-order valence-corrected chi connectivity index (χ0v) is 12.7. The van der Waals surface area contributed by atoms with Crippen LogP contribution in [0.2, 0.25) is 0 Å². The zero-order valence-electron chi connectivity index (χ0n) is 12.7. The van der Waals surface area contributed by atoms with E-state index in [9.17, 15) is 4.79 Å². The lowest BCUT2D eigenvalue weighted by molar-refractivity contribution is -0.129. The smallest absolute Gasteiger partial charge is 0.336 e. The summed E-state index contributed by atoms with van der Waals surface area (Å²) < 4.78 is 10.5. The number of carbonyl (C=O) groups excluding carboxylic acids is 1. The highest BCUT2D eigenvalue weighted by molar-refractivity contribution is 5.85. The number of hydrogen-bond acceptors (Lipinski definition) is 3. The second-order valence-electron chi connectivity index (χ2n) is 4.34. The van der Waals surface area contributed by atoms with E-state index < -0.39 is 5.97 Å². The molecular weight excluding hydrogens is 276 g/mol. The summed E-state index contributed by atoms with van der Waals surface area (Å²) >= 11 is 0. The Hall–Kier alpha value is -2.81. The van der Waals surface area contributed by atoms with Gasteiger partial charge in [0.15, 0.2) is 11.5 Å². The molecule has 114 valence electrons. The lowest BCUT2D eigenvalue weighted by Crippen LogP contribution is -2.05. The van der Waals surface area contributed by atoms with Crippen LogP contribution in [0.3, 0.4) is 0 Å². The molecule has 1 aromatic rings. The van der Waals surface area contributed by atoms with E-state index in [-0.39, 0.29) is 0 Å². The normalized spacial score (nSPS) is 11.0. The molecular formula is C19H20O3. The van der Waals surface area contributed by atoms with Crippen LogP contribution in [-0.4, -0.2) is 13.1 Å². The fraction of sp³-hybridized carbons (Fsp3) is 0.105. The van der Waals surface area contributed by atoms with Crippen molar-refractivity contribution in [3.8, 4) is 11.5 Å². The second-order valence-corrected chi connectivity index (χ2v) is 4.34. The summed E-state index contributed by atoms with van der Waals surface area (Å²) in [6, 6.07) is 5.43. The standard InChI is InChI=1S/C19H20O3/c1-5-8-15(7-3)11-13-19(20)22-18-14-16(9-6-2)10-12-17(18)21-4/h5-8,10-14H,1-3,9H2,4H3/b13-11+,15-8+. The number of hydrogen-bond donors (Lipinski definition) is 0. The topological polar surface area (TPSA) is 35.5 Å². The van der Waals surface area contributed by atoms with Gasteiger partial charge in [0.1, 0.15) is 0 Å². The summed E-state index contributed by atoms with van der Waals surface area (Å²) in [5, 5.41) is 0. The second kappa shape index (κ2) is 9.19. The van der Waals surface area contributed by atoms with E-state index in [1.165, 1.54) is 13.2 Å². The summed E-state index contributed by atoms with van der Waals surface area (Å²) in [5.74, 6) is 0.385. The number of allylic oxidation sites excluding steroid dienone is 6. The monoisotopic (exact) mass is 296 g/mol. The van der Waals surface area contributed by atoms with Crippen LogP contribution in [0, 0.1) is 0 Å². The molecule has 0 bridgehead atoms. The highest BCUT2D eigenvalue weighted by atomic mass is 16.6. The minimum absolute atomic E-state index is 0.379. The lowest BCUT2D eigenvalue weighted by Gasteiger charge is -2.09. The molecule has 0 spiro atoms. The van der Waals surface area contributed by atoms with Crippen LogP contribution in [0.1, 0.15) is 5.56 Å². The van der Waals surface area contributed by atoms with Gasteiger partial charge in [0, 0.05) is 6.08 Å². The lowest BCUT2D eigenvalue weighted by atomic mass is 10.1. The van der Waals surface area contributed by atoms with Crippen molar-refractivity contribution in [3.05, 3.63) is 85.5 Å². The summed E-state index contributed by atoms with van der Waals surface area (Å²) in [6.45, 7) is 10.9. The third kappa shape index (κ3) is 5.29. The SMILES string of the molecule is C=C/C=C(C=C)/C=C/C(=O)Oc1cc(CC=C)ccc1OC. The first-order chi connectivity index (χ1) is 10.6. The summed E-state index contributed by atoms with van der Waals surface area (Å²) in [6.07, 6.45) is 10.4. The van der Waals surface area contributed by atoms with Gasteiger partial charge in [-0.25, -0.2) is 4.79 Å². The summed E-state index contributed by atoms with van der Waals surface area (Å²) in [5.41, 5.74) is 1.75. The van der Waals surface area contributed by atoms with Crippen molar-refractivity contribution in [1.29, 1.82) is 0 Å². The predicted molar refractivity (Wildman–Crippen MR) is 90.1 cm³/mol. The van der Waals surface area contributed by atoms with Crippen molar-refractivity contribution in [2.75, 3.05) is 7.11 Å². The van der Waals surface area contributed by atoms with Crippen molar-refractivity contribution < 1.29 is 14.3 Å². The average Bonchev–Trinajstić information content (AvgIpc) is 2.52. The van der Waals surface area contributed by atoms with E-state index in [0.29, 0.717) is 17.9 Å². The Morgan fingerprint density at radius 3 is 2.55 bits per heavy atom. The molecule has 0 radical (unpaired) electrons. The molecule has 0 saturated carbocycles. The van der Waals surface area contributed by atoms with E-state index in [1.807, 2.05) is 6.07 Å². The third-order valence-electron chi connectivity index (χ3n) is 2.78. The quantitative estimate of drug-likeness (QED) is 0.237. The highest BCUT2D eigenvalue weighted by Crippen LogP contribution is 2.28. The molecule has 0 heterocycles. The molecule has 3 nitrogen and oxygen atoms in total. The van der Waals surface area contributed by atoms with Gasteiger partial charge in [-0.2, -0.15) is 0 Å². The van der Waals surface area contributed by atoms with E-state index in [4.69, 9.17) is 9.47 Å². The number of carbonyl (C=O) groups is 1. The van der Waals surface area contributed by atoms with Gasteiger partial charge in [-0.3, -0.25) is 0 Å². The first-order valence-electron chi connectivity index (χ1n) is 6.77. The van der Waals surface area contributed by atoms with Gasteiger partial charge >= 0.3 is 5.97 Å². The molecule has 3 heteroatoms. The number of benzene rings is 1. The molecule has 0 unspecified atom stereocenters. The molecule has 0 aromatic heterocycles. The number of methoxy groups -OCH3 is 1. The van der Waals surface area contributed by atoms with E-state index >= 15 is 0 Å². The van der Waals surface area contributed by atoms with Crippen LogP contribution >= 0.6 is 0 Å². The van der Waals surface area contributed by atoms with E-state index in [1.54, 1.807) is 42.5 Å². The molecule has 0 saturated heterocycles. The summed E-state index contributed by atoms with van der Waals surface area (Å²) in [7, 11) is 1.53. The van der Waals surface area contributed by atoms with Gasteiger partial charge in [-0.05, 0) is 35.8 Å². The van der Waals surface area contributed by atoms with Crippen LogP contribution in [-0.2, 0) is 11.2 Å². The fourth-order valence-electron chi connectivity index (χ4n) is 1.73. The summed E-state index contributed by atoms with van der Waals surface area (Å²) in [4.78, 5) is 11.9. The number of esters is 1. The Balaban J connectivity index is 2.90. The fourth-order valence-corrected chi connectivity index (χ4v) is 1.73. The molecule has 1 aromatic carbocycles. The minimum Gasteiger partial charge on any atom is -0.493 e. The average molecular weight is 296 g/mol. The first-order valence-corrected chi connectivity index (χ1v) is 6.77. The van der Waals surface area contributed by atoms with Crippen molar-refractivity contribution in [2.45, 2.75) is 6.42 Å². The molecule has 0 atom stereocenters. The maximum atomic E-state index is 11.9. The van der Waals surface area contributed by atoms with Gasteiger partial charge in [-0.1, -0.05) is 43.5 Å². The molecule has 0 fully saturated rings. The highest BCUT2D eigenvalue weighted by Gasteiger charge is 2.08. The van der Waals surface area contributed by atoms with Gasteiger partial charge in [0.2, 0.25) is 0 Å². The molecule has 0 aliphatic rings. The molecule has 0 amide bonds. The predicted octanol–water partition coefficient (Wildman–Crippen LogP) is 4.18. The molecule has 1 rings (SSSR count). The van der Waals surface area contributed by atoms with Crippen molar-refractivity contribution in [3.63, 3.8) is 0 Å². The first kappa shape index (κ1) is 17.2. The van der Waals surface area contributed by atoms with Crippen molar-refractivity contribution >= 4 is 5.97 Å². The zero-order chi connectivity index (χ0) is 16.4. The van der Waals surface area contributed by atoms with Gasteiger partial charge < -0.3 is 9.47 Å². The maximum absolute atomic E-state index is 11.9. The maximum Gasteiger partial charge on any atom is 0.336 e. The van der Waals surface area contributed by atoms with Gasteiger partial charge in [0.05, 0.1) is 7.11 Å². The Kier molecular flexibility index (Phi) is 7.20. The van der Waals surface area contributed by atoms with Crippen molar-refractivity contribution in [2.24, 2.45) is 0 Å². The van der Waals surface area contributed by atoms with Gasteiger partial charge in [-0.15, -0.1) is 6.58 Å². The number of ether oxygens (including phenoxy) is 2. The van der Waals surface area contributed by atoms with Crippen LogP contribution in [0.25, 0.3) is 0 Å². The van der Waals surface area contributed by atoms with Crippen LogP contribution < -0.4 is 9.47 Å². The van der Waals surface area contributed by atoms with E-state index in [2.05, 4.69) is 19.7 Å². The molecule has 0 aliphatic heterocycles. The Bertz CT molecular complexity index is 622. The van der Waals surface area contributed by atoms with Crippen LogP contribution in [0.5, 0.6) is 11.5 Å². The van der Waals surface area contributed by atoms with Crippen LogP contribution in [0.15, 0.2) is 80.0 Å². The Labute approximate surface area is 131 Å². The van der Waals surface area contributed by atoms with Gasteiger partial charge in [0.25, 0.3) is 0 Å². The Morgan fingerprint density at radius 2 is 1.95 bits per heavy atom. The molecule has 0 N–H and O–H groups in total. The third-order valence-corrected chi connectivity index (χ3v) is 2.78. The molecule has 0 aliphatic carbocycles. The number of rotatable bonds is 8.